The number of anilines is 2. The first-order chi connectivity index (χ1) is 14.1. The number of benzene rings is 3. The van der Waals surface area contributed by atoms with Crippen LogP contribution in [0.3, 0.4) is 0 Å². The van der Waals surface area contributed by atoms with E-state index in [9.17, 15) is 21.2 Å². The van der Waals surface area contributed by atoms with Crippen LogP contribution in [0.15, 0.2) is 76.5 Å². The quantitative estimate of drug-likeness (QED) is 0.541. The summed E-state index contributed by atoms with van der Waals surface area (Å²) in [6.07, 6.45) is 0. The highest BCUT2D eigenvalue weighted by Crippen LogP contribution is 2.26. The lowest BCUT2D eigenvalue weighted by atomic mass is 10.3. The van der Waals surface area contributed by atoms with Crippen LogP contribution in [0, 0.1) is 5.82 Å². The molecule has 0 saturated heterocycles. The van der Waals surface area contributed by atoms with Crippen molar-refractivity contribution in [3.63, 3.8) is 0 Å². The van der Waals surface area contributed by atoms with E-state index < -0.39 is 25.9 Å². The number of nitrogens with one attached hydrogen (secondary N) is 2. The molecule has 3 aromatic carbocycles. The second-order valence-electron chi connectivity index (χ2n) is 6.01. The molecule has 0 aliphatic rings. The number of ether oxygens (including phenoxy) is 1. The molecule has 0 fully saturated rings. The van der Waals surface area contributed by atoms with E-state index in [1.807, 2.05) is 0 Å². The third-order valence-electron chi connectivity index (χ3n) is 3.97. The zero-order chi connectivity index (χ0) is 21.9. The van der Waals surface area contributed by atoms with Crippen LogP contribution in [0.1, 0.15) is 0 Å². The Bertz CT molecular complexity index is 1280. The highest BCUT2D eigenvalue weighted by molar-refractivity contribution is 7.93. The maximum atomic E-state index is 13.8. The molecule has 0 spiro atoms. The number of para-hydroxylation sites is 1. The first-order valence-electron chi connectivity index (χ1n) is 8.36. The van der Waals surface area contributed by atoms with E-state index in [4.69, 9.17) is 16.3 Å². The van der Waals surface area contributed by atoms with Gasteiger partial charge in [0.2, 0.25) is 0 Å². The molecule has 7 nitrogen and oxygen atoms in total. The van der Waals surface area contributed by atoms with Crippen molar-refractivity contribution in [1.82, 2.24) is 0 Å². The van der Waals surface area contributed by atoms with Gasteiger partial charge >= 0.3 is 0 Å². The molecule has 0 unspecified atom stereocenters. The number of hydrogen-bond acceptors (Lipinski definition) is 5. The number of methoxy groups -OCH3 is 1. The highest BCUT2D eigenvalue weighted by Gasteiger charge is 2.19. The molecular weight excluding hydrogens is 455 g/mol. The van der Waals surface area contributed by atoms with Crippen LogP contribution in [0.4, 0.5) is 15.8 Å². The summed E-state index contributed by atoms with van der Waals surface area (Å²) in [6.45, 7) is 0. The fraction of sp³-hybridized carbons (Fsp3) is 0.0526. The second-order valence-corrected chi connectivity index (χ2v) is 9.78. The molecule has 0 aliphatic carbocycles. The molecule has 0 bridgehead atoms. The van der Waals surface area contributed by atoms with Crippen LogP contribution in [0.25, 0.3) is 0 Å². The van der Waals surface area contributed by atoms with Crippen LogP contribution < -0.4 is 14.2 Å². The minimum atomic E-state index is -4.09. The molecule has 3 rings (SSSR count). The summed E-state index contributed by atoms with van der Waals surface area (Å²) in [5.74, 6) is -0.915. The fourth-order valence-electron chi connectivity index (χ4n) is 2.48. The molecule has 0 saturated carbocycles. The Labute approximate surface area is 178 Å². The first-order valence-corrected chi connectivity index (χ1v) is 11.7. The molecule has 11 heteroatoms. The van der Waals surface area contributed by atoms with Gasteiger partial charge in [-0.2, -0.15) is 0 Å². The molecule has 0 radical (unpaired) electrons. The number of hydrogen-bond donors (Lipinski definition) is 2. The van der Waals surface area contributed by atoms with E-state index in [-0.39, 0.29) is 31.9 Å². The molecule has 0 atom stereocenters. The van der Waals surface area contributed by atoms with Gasteiger partial charge < -0.3 is 4.74 Å². The van der Waals surface area contributed by atoms with E-state index in [0.29, 0.717) is 0 Å². The van der Waals surface area contributed by atoms with Gasteiger partial charge in [-0.05, 0) is 54.6 Å². The monoisotopic (exact) mass is 470 g/mol. The number of sulfonamides is 2. The zero-order valence-corrected chi connectivity index (χ0v) is 17.9. The van der Waals surface area contributed by atoms with Gasteiger partial charge in [-0.1, -0.05) is 23.7 Å². The number of rotatable bonds is 7. The summed E-state index contributed by atoms with van der Waals surface area (Å²) in [4.78, 5) is -0.404. The van der Waals surface area contributed by atoms with Crippen molar-refractivity contribution in [3.8, 4) is 5.75 Å². The summed E-state index contributed by atoms with van der Waals surface area (Å²) >= 11 is 5.97. The van der Waals surface area contributed by atoms with Crippen LogP contribution in [-0.2, 0) is 20.0 Å². The molecule has 0 aliphatic heterocycles. The minimum Gasteiger partial charge on any atom is -0.494 e. The van der Waals surface area contributed by atoms with Gasteiger partial charge in [-0.25, -0.2) is 21.2 Å². The van der Waals surface area contributed by atoms with E-state index in [2.05, 4.69) is 9.44 Å². The summed E-state index contributed by atoms with van der Waals surface area (Å²) in [7, 11) is -6.76. The summed E-state index contributed by atoms with van der Waals surface area (Å²) in [5.41, 5.74) is 0.313. The number of halogens is 2. The molecule has 158 valence electrons. The Kier molecular flexibility index (Phi) is 6.20. The van der Waals surface area contributed by atoms with Gasteiger partial charge in [0.15, 0.2) is 11.6 Å². The molecule has 30 heavy (non-hydrogen) atoms. The summed E-state index contributed by atoms with van der Waals surface area (Å²) < 4.78 is 73.1. The van der Waals surface area contributed by atoms with Crippen molar-refractivity contribution in [2.24, 2.45) is 0 Å². The Morgan fingerprint density at radius 2 is 1.43 bits per heavy atom. The zero-order valence-electron chi connectivity index (χ0n) is 15.5. The normalized spacial score (nSPS) is 11.7. The topological polar surface area (TPSA) is 102 Å². The van der Waals surface area contributed by atoms with Gasteiger partial charge in [-0.15, -0.1) is 0 Å². The maximum absolute atomic E-state index is 13.8. The Hall–Kier alpha value is -2.82. The van der Waals surface area contributed by atoms with Gasteiger partial charge in [-0.3, -0.25) is 9.44 Å². The van der Waals surface area contributed by atoms with Gasteiger partial charge in [0.1, 0.15) is 0 Å². The predicted molar refractivity (Wildman–Crippen MR) is 112 cm³/mol. The molecular formula is C19H16ClFN2O5S2. The van der Waals surface area contributed by atoms with Crippen molar-refractivity contribution < 1.29 is 26.0 Å². The first kappa shape index (κ1) is 21.9. The smallest absolute Gasteiger partial charge is 0.262 e. The van der Waals surface area contributed by atoms with Crippen LogP contribution in [-0.4, -0.2) is 23.9 Å². The van der Waals surface area contributed by atoms with Crippen LogP contribution >= 0.6 is 11.6 Å². The lowest BCUT2D eigenvalue weighted by molar-refractivity contribution is 0.385. The average Bonchev–Trinajstić information content (AvgIpc) is 2.69. The Morgan fingerprint density at radius 3 is 2.03 bits per heavy atom. The lowest BCUT2D eigenvalue weighted by Gasteiger charge is -2.11. The largest absolute Gasteiger partial charge is 0.494 e. The lowest BCUT2D eigenvalue weighted by Crippen LogP contribution is -2.15. The standard InChI is InChI=1S/C19H16ClFN2O5S2/c1-28-19-11-10-15(12-17(19)21)30(26,27)22-13-6-8-14(9-7-13)29(24,25)23-18-5-3-2-4-16(18)20/h2-12,22-23H,1H3. The van der Waals surface area contributed by atoms with E-state index in [1.165, 1.54) is 49.6 Å². The van der Waals surface area contributed by atoms with Gasteiger partial charge in [0, 0.05) is 5.69 Å². The minimum absolute atomic E-state index is 0.0884. The fourth-order valence-corrected chi connectivity index (χ4v) is 4.87. The third kappa shape index (κ3) is 4.84. The molecule has 0 aromatic heterocycles. The third-order valence-corrected chi connectivity index (χ3v) is 7.06. The summed E-state index contributed by atoms with van der Waals surface area (Å²) in [6, 6.07) is 14.6. The van der Waals surface area contributed by atoms with Crippen molar-refractivity contribution in [2.45, 2.75) is 9.79 Å². The van der Waals surface area contributed by atoms with Crippen LogP contribution in [0.5, 0.6) is 5.75 Å². The molecule has 0 heterocycles. The van der Waals surface area contributed by atoms with Crippen LogP contribution in [0.2, 0.25) is 5.02 Å². The molecule has 2 N–H and O–H groups in total. The highest BCUT2D eigenvalue weighted by atomic mass is 35.5. The Morgan fingerprint density at radius 1 is 0.833 bits per heavy atom. The average molecular weight is 471 g/mol. The van der Waals surface area contributed by atoms with E-state index in [0.717, 1.165) is 6.07 Å². The van der Waals surface area contributed by atoms with Crippen molar-refractivity contribution in [3.05, 3.63) is 77.6 Å². The van der Waals surface area contributed by atoms with Crippen molar-refractivity contribution in [1.29, 1.82) is 0 Å². The van der Waals surface area contributed by atoms with E-state index >= 15 is 0 Å². The van der Waals surface area contributed by atoms with Gasteiger partial charge in [0.05, 0.1) is 27.6 Å². The maximum Gasteiger partial charge on any atom is 0.262 e. The Balaban J connectivity index is 1.80. The summed E-state index contributed by atoms with van der Waals surface area (Å²) in [5, 5.41) is 0.233. The van der Waals surface area contributed by atoms with Gasteiger partial charge in [0.25, 0.3) is 20.0 Å². The molecule has 0 amide bonds. The molecule has 3 aromatic rings. The second kappa shape index (κ2) is 8.50. The SMILES string of the molecule is COc1ccc(S(=O)(=O)Nc2ccc(S(=O)(=O)Nc3ccccc3Cl)cc2)cc1F. The van der Waals surface area contributed by atoms with Crippen molar-refractivity contribution in [2.75, 3.05) is 16.6 Å². The van der Waals surface area contributed by atoms with E-state index in [1.54, 1.807) is 18.2 Å². The predicted octanol–water partition coefficient (Wildman–Crippen LogP) is 4.09. The van der Waals surface area contributed by atoms with Crippen molar-refractivity contribution >= 4 is 43.0 Å².